The van der Waals surface area contributed by atoms with Crippen LogP contribution in [0.3, 0.4) is 0 Å². The van der Waals surface area contributed by atoms with Gasteiger partial charge in [-0.3, -0.25) is 0 Å². The summed E-state index contributed by atoms with van der Waals surface area (Å²) in [6.07, 6.45) is 0. The lowest BCUT2D eigenvalue weighted by molar-refractivity contribution is 0.591. The Morgan fingerprint density at radius 3 is 1.22 bits per heavy atom. The fourth-order valence-electron chi connectivity index (χ4n) is 10.4. The number of hydrogen-bond acceptors (Lipinski definition) is 2. The SMILES string of the molecule is Cc1ccccc1-c1ccc(C)c(N(c2cccc(C(C)C)c2)c2cc(N(c3cccc(C(C)C)c3)c3cc(-c4ccccc4C)ccc3C)c3ccc4cc(C(C)(C)C)cc5ccc2c3c54)c1. The summed E-state index contributed by atoms with van der Waals surface area (Å²) in [5.41, 5.74) is 20.7. The zero-order valence-corrected chi connectivity index (χ0v) is 41.8. The van der Waals surface area contributed by atoms with E-state index in [1.807, 2.05) is 0 Å². The van der Waals surface area contributed by atoms with E-state index in [-0.39, 0.29) is 5.41 Å². The van der Waals surface area contributed by atoms with Crippen LogP contribution in [0.4, 0.5) is 34.1 Å². The Labute approximate surface area is 404 Å². The van der Waals surface area contributed by atoms with Gasteiger partial charge in [0.25, 0.3) is 0 Å². The van der Waals surface area contributed by atoms with Crippen LogP contribution in [0.5, 0.6) is 0 Å². The second-order valence-corrected chi connectivity index (χ2v) is 20.9. The molecule has 10 aromatic rings. The predicted octanol–water partition coefficient (Wildman–Crippen LogP) is 19.6. The third-order valence-corrected chi connectivity index (χ3v) is 14.4. The van der Waals surface area contributed by atoms with E-state index < -0.39 is 0 Å². The van der Waals surface area contributed by atoms with Crippen LogP contribution in [0.2, 0.25) is 0 Å². The normalized spacial score (nSPS) is 12.0. The molecular formula is C66H64N2. The van der Waals surface area contributed by atoms with Crippen molar-refractivity contribution >= 4 is 66.4 Å². The lowest BCUT2D eigenvalue weighted by Crippen LogP contribution is -2.16. The third-order valence-electron chi connectivity index (χ3n) is 14.4. The van der Waals surface area contributed by atoms with E-state index in [0.29, 0.717) is 11.8 Å². The Bertz CT molecular complexity index is 3290. The van der Waals surface area contributed by atoms with Gasteiger partial charge in [0, 0.05) is 38.9 Å². The van der Waals surface area contributed by atoms with Gasteiger partial charge in [0.05, 0.1) is 11.4 Å². The van der Waals surface area contributed by atoms with Gasteiger partial charge in [0.2, 0.25) is 0 Å². The zero-order chi connectivity index (χ0) is 47.6. The molecule has 0 atom stereocenters. The first-order valence-corrected chi connectivity index (χ1v) is 24.6. The maximum atomic E-state index is 2.57. The number of aryl methyl sites for hydroxylation is 4. The van der Waals surface area contributed by atoms with Crippen LogP contribution in [0.1, 0.15) is 99.2 Å². The van der Waals surface area contributed by atoms with Gasteiger partial charge in [0.15, 0.2) is 0 Å². The molecule has 0 fully saturated rings. The lowest BCUT2D eigenvalue weighted by atomic mass is 9.83. The maximum Gasteiger partial charge on any atom is 0.0561 e. The van der Waals surface area contributed by atoms with Crippen LogP contribution in [-0.2, 0) is 5.41 Å². The minimum Gasteiger partial charge on any atom is -0.309 e. The average molecular weight is 885 g/mol. The molecule has 2 nitrogen and oxygen atoms in total. The summed E-state index contributed by atoms with van der Waals surface area (Å²) in [6, 6.07) is 67.0. The summed E-state index contributed by atoms with van der Waals surface area (Å²) in [4.78, 5) is 5.14. The molecule has 68 heavy (non-hydrogen) atoms. The molecule has 0 heterocycles. The standard InChI is InChI=1S/C66H64N2/c1-41(2)47-20-16-22-54(36-47)67(60-38-49(28-26-45(60)7)56-24-14-12-18-43(56)5)62-40-63(59-33-31-52-35-53(66(9,10)11)34-51-30-32-58(62)65(59)64(51)52)68(55-23-17-21-48(37-55)42(3)4)61-39-50(29-27-46(61)8)57-25-15-13-19-44(57)6/h12-42H,1-11H3. The van der Waals surface area contributed by atoms with E-state index in [0.717, 1.165) is 34.1 Å². The molecule has 0 unspecified atom stereocenters. The molecule has 0 aliphatic rings. The molecule has 0 aromatic heterocycles. The van der Waals surface area contributed by atoms with E-state index in [2.05, 4.69) is 262 Å². The van der Waals surface area contributed by atoms with Gasteiger partial charge in [-0.1, -0.05) is 182 Å². The second-order valence-electron chi connectivity index (χ2n) is 20.9. The van der Waals surface area contributed by atoms with Gasteiger partial charge in [-0.2, -0.15) is 0 Å². The highest BCUT2D eigenvalue weighted by molar-refractivity contribution is 6.29. The summed E-state index contributed by atoms with van der Waals surface area (Å²) in [6.45, 7) is 25.1. The van der Waals surface area contributed by atoms with Crippen molar-refractivity contribution in [2.75, 3.05) is 9.80 Å². The van der Waals surface area contributed by atoms with E-state index in [9.17, 15) is 0 Å². The molecule has 0 radical (unpaired) electrons. The van der Waals surface area contributed by atoms with Crippen molar-refractivity contribution in [2.24, 2.45) is 0 Å². The largest absolute Gasteiger partial charge is 0.309 e. The summed E-state index contributed by atoms with van der Waals surface area (Å²) >= 11 is 0. The number of benzene rings is 10. The maximum absolute atomic E-state index is 2.57. The Morgan fingerprint density at radius 1 is 0.368 bits per heavy atom. The molecule has 10 aromatic carbocycles. The minimum absolute atomic E-state index is 0.00344. The van der Waals surface area contributed by atoms with E-state index in [4.69, 9.17) is 0 Å². The van der Waals surface area contributed by atoms with Crippen LogP contribution < -0.4 is 9.80 Å². The average Bonchev–Trinajstić information content (AvgIpc) is 3.32. The molecule has 0 aliphatic carbocycles. The van der Waals surface area contributed by atoms with Crippen molar-refractivity contribution in [2.45, 2.75) is 93.4 Å². The van der Waals surface area contributed by atoms with Gasteiger partial charge in [-0.15, -0.1) is 0 Å². The number of hydrogen-bond donors (Lipinski definition) is 0. The van der Waals surface area contributed by atoms with Gasteiger partial charge in [-0.25, -0.2) is 0 Å². The van der Waals surface area contributed by atoms with Crippen LogP contribution in [-0.4, -0.2) is 0 Å². The Kier molecular flexibility index (Phi) is 11.5. The molecule has 0 bridgehead atoms. The quantitative estimate of drug-likeness (QED) is 0.126. The van der Waals surface area contributed by atoms with Crippen LogP contribution in [0.15, 0.2) is 176 Å². The first-order chi connectivity index (χ1) is 32.7. The number of nitrogens with zero attached hydrogens (tertiary/aromatic N) is 2. The fraction of sp³-hybridized carbons (Fsp3) is 0.212. The smallest absolute Gasteiger partial charge is 0.0561 e. The molecule has 0 saturated carbocycles. The van der Waals surface area contributed by atoms with Crippen molar-refractivity contribution < 1.29 is 0 Å². The van der Waals surface area contributed by atoms with Gasteiger partial charge in [-0.05, 0) is 165 Å². The Morgan fingerprint density at radius 2 is 0.809 bits per heavy atom. The molecule has 338 valence electrons. The second kappa shape index (κ2) is 17.5. The van der Waals surface area contributed by atoms with E-state index in [1.54, 1.807) is 0 Å². The molecule has 10 rings (SSSR count). The van der Waals surface area contributed by atoms with Gasteiger partial charge < -0.3 is 9.80 Å². The Hall–Kier alpha value is -7.16. The number of rotatable bonds is 10. The Balaban J connectivity index is 1.37. The molecule has 2 heteroatoms. The van der Waals surface area contributed by atoms with Crippen molar-refractivity contribution in [3.63, 3.8) is 0 Å². The molecular weight excluding hydrogens is 821 g/mol. The lowest BCUT2D eigenvalue weighted by Gasteiger charge is -2.34. The first-order valence-electron chi connectivity index (χ1n) is 24.6. The summed E-state index contributed by atoms with van der Waals surface area (Å²) < 4.78 is 0. The van der Waals surface area contributed by atoms with Crippen molar-refractivity contribution in [1.29, 1.82) is 0 Å². The van der Waals surface area contributed by atoms with Crippen molar-refractivity contribution in [3.8, 4) is 22.3 Å². The fourth-order valence-corrected chi connectivity index (χ4v) is 10.4. The first kappa shape index (κ1) is 44.7. The summed E-state index contributed by atoms with van der Waals surface area (Å²) in [7, 11) is 0. The highest BCUT2D eigenvalue weighted by Crippen LogP contribution is 2.52. The molecule has 0 amide bonds. The van der Waals surface area contributed by atoms with Crippen molar-refractivity contribution in [3.05, 3.63) is 215 Å². The molecule has 0 saturated heterocycles. The third kappa shape index (κ3) is 8.00. The minimum atomic E-state index is -0.00344. The summed E-state index contributed by atoms with van der Waals surface area (Å²) in [5, 5.41) is 7.57. The topological polar surface area (TPSA) is 6.48 Å². The molecule has 0 spiro atoms. The zero-order valence-electron chi connectivity index (χ0n) is 41.8. The molecule has 0 N–H and O–H groups in total. The highest BCUT2D eigenvalue weighted by Gasteiger charge is 2.28. The monoisotopic (exact) mass is 885 g/mol. The van der Waals surface area contributed by atoms with Gasteiger partial charge in [0.1, 0.15) is 0 Å². The van der Waals surface area contributed by atoms with E-state index in [1.165, 1.54) is 93.5 Å². The highest BCUT2D eigenvalue weighted by atomic mass is 15.2. The van der Waals surface area contributed by atoms with Crippen LogP contribution >= 0.6 is 0 Å². The van der Waals surface area contributed by atoms with Gasteiger partial charge >= 0.3 is 0 Å². The summed E-state index contributed by atoms with van der Waals surface area (Å²) in [5.74, 6) is 0.717. The van der Waals surface area contributed by atoms with Crippen LogP contribution in [0.25, 0.3) is 54.6 Å². The van der Waals surface area contributed by atoms with Crippen molar-refractivity contribution in [1.82, 2.24) is 0 Å². The van der Waals surface area contributed by atoms with E-state index >= 15 is 0 Å². The molecule has 0 aliphatic heterocycles. The van der Waals surface area contributed by atoms with Crippen LogP contribution in [0, 0.1) is 27.7 Å². The number of anilines is 6. The predicted molar refractivity (Wildman–Crippen MR) is 296 cm³/mol.